The topological polar surface area (TPSA) is 41.6 Å². The summed E-state index contributed by atoms with van der Waals surface area (Å²) in [6, 6.07) is 15.3. The van der Waals surface area contributed by atoms with Crippen molar-refractivity contribution in [1.29, 1.82) is 0 Å². The Hall–Kier alpha value is -2.59. The fraction of sp³-hybridized carbons (Fsp3) is 0.348. The van der Waals surface area contributed by atoms with E-state index in [1.54, 1.807) is 6.08 Å². The minimum absolute atomic E-state index is 0.101. The third-order valence-electron chi connectivity index (χ3n) is 4.80. The summed E-state index contributed by atoms with van der Waals surface area (Å²) in [6.45, 7) is 7.41. The molecule has 0 saturated carbocycles. The minimum Gasteiger partial charge on any atom is -0.490 e. The quantitative estimate of drug-likeness (QED) is 0.712. The molecule has 1 aliphatic heterocycles. The molecule has 0 atom stereocenters. The SMILES string of the molecule is C=CCOc1ccc(NC(=O)c2ccc(CN3CCCCCC3)cc2)cc1. The highest BCUT2D eigenvalue weighted by molar-refractivity contribution is 6.04. The largest absolute Gasteiger partial charge is 0.490 e. The normalized spacial score (nSPS) is 15.0. The van der Waals surface area contributed by atoms with Crippen LogP contribution >= 0.6 is 0 Å². The average Bonchev–Trinajstić information content (AvgIpc) is 2.96. The average molecular weight is 364 g/mol. The van der Waals surface area contributed by atoms with Gasteiger partial charge in [-0.3, -0.25) is 9.69 Å². The zero-order valence-corrected chi connectivity index (χ0v) is 15.8. The molecule has 1 heterocycles. The van der Waals surface area contributed by atoms with E-state index >= 15 is 0 Å². The molecule has 27 heavy (non-hydrogen) atoms. The van der Waals surface area contributed by atoms with Gasteiger partial charge in [-0.05, 0) is 67.9 Å². The lowest BCUT2D eigenvalue weighted by Gasteiger charge is -2.19. The third kappa shape index (κ3) is 5.97. The summed E-state index contributed by atoms with van der Waals surface area (Å²) >= 11 is 0. The van der Waals surface area contributed by atoms with E-state index in [0.717, 1.165) is 18.0 Å². The molecule has 1 saturated heterocycles. The van der Waals surface area contributed by atoms with E-state index in [-0.39, 0.29) is 5.91 Å². The second-order valence-corrected chi connectivity index (χ2v) is 6.97. The van der Waals surface area contributed by atoms with Gasteiger partial charge in [-0.1, -0.05) is 37.6 Å². The summed E-state index contributed by atoms with van der Waals surface area (Å²) in [5.74, 6) is 0.654. The Labute approximate surface area is 161 Å². The Morgan fingerprint density at radius 1 is 1.00 bits per heavy atom. The van der Waals surface area contributed by atoms with E-state index in [9.17, 15) is 4.79 Å². The van der Waals surface area contributed by atoms with Gasteiger partial charge in [0.1, 0.15) is 12.4 Å². The molecule has 0 bridgehead atoms. The van der Waals surface area contributed by atoms with Gasteiger partial charge in [-0.15, -0.1) is 0 Å². The van der Waals surface area contributed by atoms with E-state index in [2.05, 4.69) is 28.9 Å². The highest BCUT2D eigenvalue weighted by atomic mass is 16.5. The Balaban J connectivity index is 1.54. The molecule has 1 aliphatic rings. The molecular weight excluding hydrogens is 336 g/mol. The van der Waals surface area contributed by atoms with Crippen molar-refractivity contribution in [2.24, 2.45) is 0 Å². The van der Waals surface area contributed by atoms with Crippen molar-refractivity contribution in [3.8, 4) is 5.75 Å². The van der Waals surface area contributed by atoms with Gasteiger partial charge in [0.2, 0.25) is 0 Å². The number of nitrogens with zero attached hydrogens (tertiary/aromatic N) is 1. The molecule has 1 fully saturated rings. The van der Waals surface area contributed by atoms with Gasteiger partial charge in [0, 0.05) is 17.8 Å². The molecule has 4 heteroatoms. The number of rotatable bonds is 7. The second kappa shape index (κ2) is 9.93. The fourth-order valence-electron chi connectivity index (χ4n) is 3.31. The van der Waals surface area contributed by atoms with E-state index < -0.39 is 0 Å². The van der Waals surface area contributed by atoms with Gasteiger partial charge in [0.05, 0.1) is 0 Å². The molecule has 0 spiro atoms. The third-order valence-corrected chi connectivity index (χ3v) is 4.80. The molecular formula is C23H28N2O2. The van der Waals surface area contributed by atoms with Gasteiger partial charge in [-0.25, -0.2) is 0 Å². The molecule has 0 aliphatic carbocycles. The van der Waals surface area contributed by atoms with Crippen molar-refractivity contribution in [3.63, 3.8) is 0 Å². The number of amides is 1. The van der Waals surface area contributed by atoms with Crippen molar-refractivity contribution in [2.45, 2.75) is 32.2 Å². The maximum absolute atomic E-state index is 12.5. The lowest BCUT2D eigenvalue weighted by molar-refractivity contribution is 0.102. The predicted octanol–water partition coefficient (Wildman–Crippen LogP) is 4.88. The zero-order chi connectivity index (χ0) is 18.9. The van der Waals surface area contributed by atoms with Crippen molar-refractivity contribution < 1.29 is 9.53 Å². The van der Waals surface area contributed by atoms with Gasteiger partial charge < -0.3 is 10.1 Å². The molecule has 1 N–H and O–H groups in total. The first kappa shape index (κ1) is 19.2. The summed E-state index contributed by atoms with van der Waals surface area (Å²) in [4.78, 5) is 15.0. The van der Waals surface area contributed by atoms with Crippen LogP contribution in [0.5, 0.6) is 5.75 Å². The smallest absolute Gasteiger partial charge is 0.255 e. The molecule has 142 valence electrons. The standard InChI is InChI=1S/C23H28N2O2/c1-2-17-27-22-13-11-21(12-14-22)24-23(26)20-9-7-19(8-10-20)18-25-15-5-3-4-6-16-25/h2,7-14H,1,3-6,15-18H2,(H,24,26). The maximum atomic E-state index is 12.5. The highest BCUT2D eigenvalue weighted by Gasteiger charge is 2.11. The van der Waals surface area contributed by atoms with Crippen LogP contribution in [0.25, 0.3) is 0 Å². The monoisotopic (exact) mass is 364 g/mol. The van der Waals surface area contributed by atoms with Crippen molar-refractivity contribution in [1.82, 2.24) is 4.90 Å². The van der Waals surface area contributed by atoms with Crippen LogP contribution in [0.3, 0.4) is 0 Å². The number of nitrogens with one attached hydrogen (secondary N) is 1. The molecule has 2 aromatic rings. The summed E-state index contributed by atoms with van der Waals surface area (Å²) in [5.41, 5.74) is 2.68. The van der Waals surface area contributed by atoms with Crippen LogP contribution in [-0.4, -0.2) is 30.5 Å². The molecule has 4 nitrogen and oxygen atoms in total. The van der Waals surface area contributed by atoms with Gasteiger partial charge >= 0.3 is 0 Å². The van der Waals surface area contributed by atoms with E-state index in [1.165, 1.54) is 44.3 Å². The summed E-state index contributed by atoms with van der Waals surface area (Å²) in [5, 5.41) is 2.93. The lowest BCUT2D eigenvalue weighted by atomic mass is 10.1. The fourth-order valence-corrected chi connectivity index (χ4v) is 3.31. The Morgan fingerprint density at radius 3 is 2.30 bits per heavy atom. The lowest BCUT2D eigenvalue weighted by Crippen LogP contribution is -2.24. The molecule has 0 unspecified atom stereocenters. The summed E-state index contributed by atoms with van der Waals surface area (Å²) < 4.78 is 5.45. The van der Waals surface area contributed by atoms with Gasteiger partial charge in [0.25, 0.3) is 5.91 Å². The van der Waals surface area contributed by atoms with E-state index in [1.807, 2.05) is 36.4 Å². The first-order valence-corrected chi connectivity index (χ1v) is 9.71. The van der Waals surface area contributed by atoms with Crippen molar-refractivity contribution >= 4 is 11.6 Å². The summed E-state index contributed by atoms with van der Waals surface area (Å²) in [6.07, 6.45) is 6.97. The Kier molecular flexibility index (Phi) is 7.05. The first-order valence-electron chi connectivity index (χ1n) is 9.71. The molecule has 3 rings (SSSR count). The highest BCUT2D eigenvalue weighted by Crippen LogP contribution is 2.17. The Bertz CT molecular complexity index is 730. The number of carbonyl (C=O) groups excluding carboxylic acids is 1. The first-order chi connectivity index (χ1) is 13.2. The number of benzene rings is 2. The Morgan fingerprint density at radius 2 is 1.67 bits per heavy atom. The van der Waals surface area contributed by atoms with Crippen LogP contribution in [0.15, 0.2) is 61.2 Å². The number of carbonyl (C=O) groups is 1. The second-order valence-electron chi connectivity index (χ2n) is 6.97. The molecule has 1 amide bonds. The van der Waals surface area contributed by atoms with E-state index in [4.69, 9.17) is 4.74 Å². The van der Waals surface area contributed by atoms with Crippen molar-refractivity contribution in [2.75, 3.05) is 25.0 Å². The van der Waals surface area contributed by atoms with Crippen LogP contribution in [0.1, 0.15) is 41.6 Å². The number of hydrogen-bond donors (Lipinski definition) is 1. The van der Waals surface area contributed by atoms with Crippen LogP contribution in [0.2, 0.25) is 0 Å². The van der Waals surface area contributed by atoms with Gasteiger partial charge in [0.15, 0.2) is 0 Å². The van der Waals surface area contributed by atoms with Gasteiger partial charge in [-0.2, -0.15) is 0 Å². The van der Waals surface area contributed by atoms with Crippen molar-refractivity contribution in [3.05, 3.63) is 72.3 Å². The zero-order valence-electron chi connectivity index (χ0n) is 15.8. The molecule has 2 aromatic carbocycles. The minimum atomic E-state index is -0.101. The molecule has 0 aromatic heterocycles. The van der Waals surface area contributed by atoms with E-state index in [0.29, 0.717) is 12.2 Å². The predicted molar refractivity (Wildman–Crippen MR) is 110 cm³/mol. The van der Waals surface area contributed by atoms with Crippen LogP contribution in [0.4, 0.5) is 5.69 Å². The van der Waals surface area contributed by atoms with Crippen LogP contribution in [0, 0.1) is 0 Å². The van der Waals surface area contributed by atoms with Crippen LogP contribution in [-0.2, 0) is 6.54 Å². The van der Waals surface area contributed by atoms with Crippen LogP contribution < -0.4 is 10.1 Å². The molecule has 0 radical (unpaired) electrons. The number of likely N-dealkylation sites (tertiary alicyclic amines) is 1. The number of ether oxygens (including phenoxy) is 1. The summed E-state index contributed by atoms with van der Waals surface area (Å²) in [7, 11) is 0. The maximum Gasteiger partial charge on any atom is 0.255 e. The number of hydrogen-bond acceptors (Lipinski definition) is 3. The number of anilines is 1.